The van der Waals surface area contributed by atoms with Gasteiger partial charge in [0.05, 0.1) is 12.2 Å². The largest absolute Gasteiger partial charge is 0.396 e. The Bertz CT molecular complexity index is 375. The van der Waals surface area contributed by atoms with E-state index in [0.717, 1.165) is 19.3 Å². The Morgan fingerprint density at radius 1 is 1.11 bits per heavy atom. The SMILES string of the molecule is CC1(C)O[C@@H](CCO)C[C@H](CCc2ccccc2)O1. The first kappa shape index (κ1) is 14.5. The van der Waals surface area contributed by atoms with Crippen molar-refractivity contribution < 1.29 is 14.6 Å². The highest BCUT2D eigenvalue weighted by atomic mass is 16.7. The Balaban J connectivity index is 1.88. The highest BCUT2D eigenvalue weighted by Crippen LogP contribution is 2.30. The summed E-state index contributed by atoms with van der Waals surface area (Å²) in [6.07, 6.45) is 3.90. The van der Waals surface area contributed by atoms with E-state index in [1.807, 2.05) is 19.9 Å². The molecule has 106 valence electrons. The van der Waals surface area contributed by atoms with Gasteiger partial charge in [0.15, 0.2) is 5.79 Å². The molecule has 1 saturated heterocycles. The smallest absolute Gasteiger partial charge is 0.163 e. The number of aryl methyl sites for hydroxylation is 1. The molecule has 1 aliphatic heterocycles. The third-order valence-electron chi connectivity index (χ3n) is 3.48. The second-order valence-electron chi connectivity index (χ2n) is 5.65. The van der Waals surface area contributed by atoms with Crippen LogP contribution in [0.15, 0.2) is 30.3 Å². The maximum absolute atomic E-state index is 9.06. The van der Waals surface area contributed by atoms with Crippen LogP contribution in [0.5, 0.6) is 0 Å². The molecular formula is C16H24O3. The molecule has 0 bridgehead atoms. The quantitative estimate of drug-likeness (QED) is 0.888. The number of hydrogen-bond acceptors (Lipinski definition) is 3. The first-order valence-corrected chi connectivity index (χ1v) is 7.09. The summed E-state index contributed by atoms with van der Waals surface area (Å²) in [4.78, 5) is 0. The zero-order valence-electron chi connectivity index (χ0n) is 11.8. The van der Waals surface area contributed by atoms with Crippen LogP contribution >= 0.6 is 0 Å². The molecule has 3 heteroatoms. The summed E-state index contributed by atoms with van der Waals surface area (Å²) in [7, 11) is 0. The summed E-state index contributed by atoms with van der Waals surface area (Å²) in [5.74, 6) is -0.542. The lowest BCUT2D eigenvalue weighted by atomic mass is 9.99. The highest BCUT2D eigenvalue weighted by molar-refractivity contribution is 5.14. The third-order valence-corrected chi connectivity index (χ3v) is 3.48. The maximum Gasteiger partial charge on any atom is 0.163 e. The van der Waals surface area contributed by atoms with Crippen molar-refractivity contribution in [2.45, 2.75) is 57.5 Å². The highest BCUT2D eigenvalue weighted by Gasteiger charge is 2.34. The molecule has 1 aromatic carbocycles. The number of rotatable bonds is 5. The molecule has 1 fully saturated rings. The lowest BCUT2D eigenvalue weighted by Gasteiger charge is -2.41. The fourth-order valence-electron chi connectivity index (χ4n) is 2.69. The molecule has 2 rings (SSSR count). The molecule has 0 amide bonds. The first-order valence-electron chi connectivity index (χ1n) is 7.09. The van der Waals surface area contributed by atoms with Gasteiger partial charge in [-0.05, 0) is 38.7 Å². The molecule has 0 aliphatic carbocycles. The second kappa shape index (κ2) is 6.51. The molecule has 1 heterocycles. The van der Waals surface area contributed by atoms with Crippen molar-refractivity contribution in [3.8, 4) is 0 Å². The van der Waals surface area contributed by atoms with E-state index in [2.05, 4.69) is 24.3 Å². The fraction of sp³-hybridized carbons (Fsp3) is 0.625. The van der Waals surface area contributed by atoms with Crippen molar-refractivity contribution in [1.29, 1.82) is 0 Å². The van der Waals surface area contributed by atoms with Crippen LogP contribution in [0, 0.1) is 0 Å². The van der Waals surface area contributed by atoms with Gasteiger partial charge < -0.3 is 14.6 Å². The number of ether oxygens (including phenoxy) is 2. The molecule has 0 unspecified atom stereocenters. The lowest BCUT2D eigenvalue weighted by Crippen LogP contribution is -2.45. The minimum absolute atomic E-state index is 0.106. The normalized spacial score (nSPS) is 26.3. The van der Waals surface area contributed by atoms with Crippen LogP contribution in [0.2, 0.25) is 0 Å². The maximum atomic E-state index is 9.06. The van der Waals surface area contributed by atoms with Gasteiger partial charge in [0, 0.05) is 13.0 Å². The van der Waals surface area contributed by atoms with Crippen LogP contribution in [-0.2, 0) is 15.9 Å². The Labute approximate surface area is 115 Å². The van der Waals surface area contributed by atoms with Gasteiger partial charge >= 0.3 is 0 Å². The molecule has 2 atom stereocenters. The average molecular weight is 264 g/mol. The molecule has 1 aromatic rings. The molecule has 3 nitrogen and oxygen atoms in total. The van der Waals surface area contributed by atoms with E-state index in [-0.39, 0.29) is 18.8 Å². The van der Waals surface area contributed by atoms with Crippen LogP contribution in [-0.4, -0.2) is 29.7 Å². The molecule has 0 spiro atoms. The van der Waals surface area contributed by atoms with Gasteiger partial charge in [0.2, 0.25) is 0 Å². The molecular weight excluding hydrogens is 240 g/mol. The third kappa shape index (κ3) is 4.60. The minimum Gasteiger partial charge on any atom is -0.396 e. The summed E-state index contributed by atoms with van der Waals surface area (Å²) in [5, 5.41) is 9.06. The van der Waals surface area contributed by atoms with Crippen molar-refractivity contribution in [3.63, 3.8) is 0 Å². The van der Waals surface area contributed by atoms with Gasteiger partial charge in [-0.3, -0.25) is 0 Å². The number of aliphatic hydroxyl groups is 1. The van der Waals surface area contributed by atoms with E-state index in [1.165, 1.54) is 5.56 Å². The summed E-state index contributed by atoms with van der Waals surface area (Å²) >= 11 is 0. The van der Waals surface area contributed by atoms with E-state index in [9.17, 15) is 0 Å². The van der Waals surface area contributed by atoms with Crippen molar-refractivity contribution >= 4 is 0 Å². The minimum atomic E-state index is -0.542. The van der Waals surface area contributed by atoms with Crippen LogP contribution < -0.4 is 0 Å². The Hall–Kier alpha value is -0.900. The predicted molar refractivity (Wildman–Crippen MR) is 74.9 cm³/mol. The second-order valence-corrected chi connectivity index (χ2v) is 5.65. The van der Waals surface area contributed by atoms with Gasteiger partial charge in [-0.25, -0.2) is 0 Å². The van der Waals surface area contributed by atoms with Crippen LogP contribution in [0.25, 0.3) is 0 Å². The number of aliphatic hydroxyl groups excluding tert-OH is 1. The van der Waals surface area contributed by atoms with Gasteiger partial charge in [-0.1, -0.05) is 30.3 Å². The Kier molecular flexibility index (Phi) is 4.97. The molecule has 0 saturated carbocycles. The van der Waals surface area contributed by atoms with Crippen LogP contribution in [0.4, 0.5) is 0 Å². The first-order chi connectivity index (χ1) is 9.09. The zero-order chi connectivity index (χ0) is 13.7. The van der Waals surface area contributed by atoms with Crippen molar-refractivity contribution in [2.24, 2.45) is 0 Å². The van der Waals surface area contributed by atoms with Crippen LogP contribution in [0.3, 0.4) is 0 Å². The molecule has 19 heavy (non-hydrogen) atoms. The van der Waals surface area contributed by atoms with Crippen molar-refractivity contribution in [1.82, 2.24) is 0 Å². The molecule has 0 radical (unpaired) electrons. The number of hydrogen-bond donors (Lipinski definition) is 1. The van der Waals surface area contributed by atoms with E-state index in [0.29, 0.717) is 6.42 Å². The zero-order valence-corrected chi connectivity index (χ0v) is 11.8. The Morgan fingerprint density at radius 3 is 2.37 bits per heavy atom. The van der Waals surface area contributed by atoms with Crippen molar-refractivity contribution in [3.05, 3.63) is 35.9 Å². The van der Waals surface area contributed by atoms with Crippen LogP contribution in [0.1, 0.15) is 38.7 Å². The van der Waals surface area contributed by atoms with Gasteiger partial charge in [-0.2, -0.15) is 0 Å². The van der Waals surface area contributed by atoms with E-state index in [4.69, 9.17) is 14.6 Å². The van der Waals surface area contributed by atoms with E-state index in [1.54, 1.807) is 0 Å². The van der Waals surface area contributed by atoms with Gasteiger partial charge in [0.1, 0.15) is 0 Å². The average Bonchev–Trinajstić information content (AvgIpc) is 2.36. The summed E-state index contributed by atoms with van der Waals surface area (Å²) in [6.45, 7) is 4.07. The summed E-state index contributed by atoms with van der Waals surface area (Å²) in [6, 6.07) is 10.5. The van der Waals surface area contributed by atoms with Gasteiger partial charge in [-0.15, -0.1) is 0 Å². The van der Waals surface area contributed by atoms with Gasteiger partial charge in [0.25, 0.3) is 0 Å². The monoisotopic (exact) mass is 264 g/mol. The Morgan fingerprint density at radius 2 is 1.74 bits per heavy atom. The standard InChI is InChI=1S/C16H24O3/c1-16(2)18-14(12-15(19-16)10-11-17)9-8-13-6-4-3-5-7-13/h3-7,14-15,17H,8-12H2,1-2H3/t14-,15-/m0/s1. The molecule has 1 N–H and O–H groups in total. The lowest BCUT2D eigenvalue weighted by molar-refractivity contribution is -0.301. The topological polar surface area (TPSA) is 38.7 Å². The summed E-state index contributed by atoms with van der Waals surface area (Å²) < 4.78 is 11.8. The fourth-order valence-corrected chi connectivity index (χ4v) is 2.69. The molecule has 0 aromatic heterocycles. The summed E-state index contributed by atoms with van der Waals surface area (Å²) in [5.41, 5.74) is 1.34. The van der Waals surface area contributed by atoms with Crippen molar-refractivity contribution in [2.75, 3.05) is 6.61 Å². The molecule has 1 aliphatic rings. The predicted octanol–water partition coefficient (Wildman–Crippen LogP) is 2.91. The van der Waals surface area contributed by atoms with E-state index >= 15 is 0 Å². The number of benzene rings is 1. The van der Waals surface area contributed by atoms with E-state index < -0.39 is 5.79 Å².